The quantitative estimate of drug-likeness (QED) is 0.686. The number of rotatable bonds is 3. The van der Waals surface area contributed by atoms with E-state index in [1.807, 2.05) is 18.2 Å². The van der Waals surface area contributed by atoms with Gasteiger partial charge in [0, 0.05) is 18.8 Å². The second-order valence-corrected chi connectivity index (χ2v) is 6.42. The maximum Gasteiger partial charge on any atom is 0.323 e. The van der Waals surface area contributed by atoms with Crippen LogP contribution >= 0.6 is 0 Å². The summed E-state index contributed by atoms with van der Waals surface area (Å²) in [6, 6.07) is 5.97. The van der Waals surface area contributed by atoms with Gasteiger partial charge in [-0.15, -0.1) is 0 Å². The third-order valence-corrected chi connectivity index (χ3v) is 4.89. The molecule has 2 aromatic rings. The predicted molar refractivity (Wildman–Crippen MR) is 80.1 cm³/mol. The van der Waals surface area contributed by atoms with E-state index < -0.39 is 0 Å². The molecule has 2 fully saturated rings. The fourth-order valence-electron chi connectivity index (χ4n) is 3.86. The second-order valence-electron chi connectivity index (χ2n) is 6.42. The molecule has 0 amide bonds. The molecule has 2 heterocycles. The van der Waals surface area contributed by atoms with E-state index in [9.17, 15) is 4.79 Å². The van der Waals surface area contributed by atoms with Crippen molar-refractivity contribution in [3.8, 4) is 0 Å². The first kappa shape index (κ1) is 12.0. The molecule has 5 heteroatoms. The summed E-state index contributed by atoms with van der Waals surface area (Å²) in [6.07, 6.45) is 4.03. The lowest BCUT2D eigenvalue weighted by Crippen LogP contribution is -2.41. The highest BCUT2D eigenvalue weighted by atomic mass is 16.1. The molecule has 20 heavy (non-hydrogen) atoms. The maximum atomic E-state index is 11.2. The van der Waals surface area contributed by atoms with E-state index in [-0.39, 0.29) is 5.69 Å². The van der Waals surface area contributed by atoms with E-state index in [1.54, 1.807) is 0 Å². The SMILES string of the molecule is O=c1[nH]c2ccc(NCC3CC4(CCNC4)C3)cc2[nH]1. The maximum absolute atomic E-state index is 11.2. The summed E-state index contributed by atoms with van der Waals surface area (Å²) < 4.78 is 0. The van der Waals surface area contributed by atoms with Crippen LogP contribution in [0.25, 0.3) is 11.0 Å². The standard InChI is InChI=1S/C15H20N4O/c20-14-18-12-2-1-11(5-13(12)19-14)17-8-10-6-15(7-10)3-4-16-9-15/h1-2,5,10,16-17H,3-4,6-9H2,(H2,18,19,20). The van der Waals surface area contributed by atoms with Crippen molar-refractivity contribution in [1.29, 1.82) is 0 Å². The zero-order valence-corrected chi connectivity index (χ0v) is 11.5. The molecule has 5 nitrogen and oxygen atoms in total. The number of anilines is 1. The van der Waals surface area contributed by atoms with Gasteiger partial charge in [0.2, 0.25) is 0 Å². The molecule has 1 aromatic carbocycles. The smallest absolute Gasteiger partial charge is 0.323 e. The lowest BCUT2D eigenvalue weighted by Gasteiger charge is -2.45. The van der Waals surface area contributed by atoms with Crippen molar-refractivity contribution in [2.75, 3.05) is 25.0 Å². The largest absolute Gasteiger partial charge is 0.385 e. The molecule has 0 unspecified atom stereocenters. The highest BCUT2D eigenvalue weighted by Crippen LogP contribution is 2.49. The molecule has 0 atom stereocenters. The van der Waals surface area contributed by atoms with Gasteiger partial charge in [0.05, 0.1) is 11.0 Å². The molecular formula is C15H20N4O. The fraction of sp³-hybridized carbons (Fsp3) is 0.533. The molecule has 1 saturated heterocycles. The predicted octanol–water partition coefficient (Wildman–Crippen LogP) is 1.66. The van der Waals surface area contributed by atoms with Crippen LogP contribution in [-0.2, 0) is 0 Å². The van der Waals surface area contributed by atoms with E-state index in [2.05, 4.69) is 20.6 Å². The van der Waals surface area contributed by atoms with E-state index in [4.69, 9.17) is 0 Å². The van der Waals surface area contributed by atoms with Crippen molar-refractivity contribution in [2.24, 2.45) is 11.3 Å². The van der Waals surface area contributed by atoms with Crippen LogP contribution in [0.5, 0.6) is 0 Å². The van der Waals surface area contributed by atoms with Crippen LogP contribution in [0.2, 0.25) is 0 Å². The van der Waals surface area contributed by atoms with Crippen LogP contribution in [-0.4, -0.2) is 29.6 Å². The number of hydrogen-bond acceptors (Lipinski definition) is 3. The molecular weight excluding hydrogens is 252 g/mol. The number of H-pyrrole nitrogens is 2. The van der Waals surface area contributed by atoms with Crippen LogP contribution in [0.3, 0.4) is 0 Å². The lowest BCUT2D eigenvalue weighted by molar-refractivity contribution is 0.0854. The van der Waals surface area contributed by atoms with Crippen LogP contribution in [0.4, 0.5) is 5.69 Å². The first-order valence-electron chi connectivity index (χ1n) is 7.39. The van der Waals surface area contributed by atoms with E-state index in [0.29, 0.717) is 5.41 Å². The van der Waals surface area contributed by atoms with Crippen molar-refractivity contribution in [1.82, 2.24) is 15.3 Å². The highest BCUT2D eigenvalue weighted by Gasteiger charge is 2.45. The number of benzene rings is 1. The van der Waals surface area contributed by atoms with Gasteiger partial charge >= 0.3 is 5.69 Å². The van der Waals surface area contributed by atoms with Gasteiger partial charge in [0.15, 0.2) is 0 Å². The third-order valence-electron chi connectivity index (χ3n) is 4.89. The first-order valence-corrected chi connectivity index (χ1v) is 7.39. The van der Waals surface area contributed by atoms with E-state index in [0.717, 1.165) is 29.2 Å². The Hall–Kier alpha value is -1.75. The van der Waals surface area contributed by atoms with Crippen molar-refractivity contribution in [2.45, 2.75) is 19.3 Å². The Morgan fingerprint density at radius 3 is 2.90 bits per heavy atom. The summed E-state index contributed by atoms with van der Waals surface area (Å²) in [7, 11) is 0. The topological polar surface area (TPSA) is 72.7 Å². The Balaban J connectivity index is 1.38. The summed E-state index contributed by atoms with van der Waals surface area (Å²) in [6.45, 7) is 3.43. The molecule has 1 spiro atoms. The average molecular weight is 272 g/mol. The summed E-state index contributed by atoms with van der Waals surface area (Å²) in [4.78, 5) is 16.8. The van der Waals surface area contributed by atoms with Gasteiger partial charge in [-0.3, -0.25) is 0 Å². The number of aromatic amines is 2. The number of hydrogen-bond donors (Lipinski definition) is 4. The number of imidazole rings is 1. The summed E-state index contributed by atoms with van der Waals surface area (Å²) in [5.41, 5.74) is 3.28. The first-order chi connectivity index (χ1) is 9.72. The van der Waals surface area contributed by atoms with Gasteiger partial charge in [-0.05, 0) is 55.3 Å². The van der Waals surface area contributed by atoms with Gasteiger partial charge in [-0.1, -0.05) is 0 Å². The second kappa shape index (κ2) is 4.38. The molecule has 0 radical (unpaired) electrons. The summed E-state index contributed by atoms with van der Waals surface area (Å²) in [5, 5.41) is 6.97. The number of nitrogens with one attached hydrogen (secondary N) is 4. The van der Waals surface area contributed by atoms with Gasteiger partial charge < -0.3 is 20.6 Å². The molecule has 1 aromatic heterocycles. The number of fused-ring (bicyclic) bond motifs is 1. The van der Waals surface area contributed by atoms with Crippen molar-refractivity contribution in [3.63, 3.8) is 0 Å². The number of aromatic nitrogens is 2. The lowest BCUT2D eigenvalue weighted by atomic mass is 9.61. The van der Waals surface area contributed by atoms with Crippen molar-refractivity contribution >= 4 is 16.7 Å². The zero-order chi connectivity index (χ0) is 13.6. The Morgan fingerprint density at radius 2 is 2.10 bits per heavy atom. The monoisotopic (exact) mass is 272 g/mol. The average Bonchev–Trinajstić information content (AvgIpc) is 2.99. The molecule has 4 N–H and O–H groups in total. The molecule has 0 bridgehead atoms. The Bertz CT molecular complexity index is 672. The van der Waals surface area contributed by atoms with Gasteiger partial charge in [0.25, 0.3) is 0 Å². The van der Waals surface area contributed by atoms with Crippen LogP contribution in [0, 0.1) is 11.3 Å². The minimum Gasteiger partial charge on any atom is -0.385 e. The highest BCUT2D eigenvalue weighted by molar-refractivity contribution is 5.78. The van der Waals surface area contributed by atoms with Crippen molar-refractivity contribution in [3.05, 3.63) is 28.7 Å². The minimum atomic E-state index is -0.146. The van der Waals surface area contributed by atoms with Gasteiger partial charge in [-0.2, -0.15) is 0 Å². The van der Waals surface area contributed by atoms with Gasteiger partial charge in [-0.25, -0.2) is 4.79 Å². The Morgan fingerprint density at radius 1 is 1.25 bits per heavy atom. The van der Waals surface area contributed by atoms with Gasteiger partial charge in [0.1, 0.15) is 0 Å². The summed E-state index contributed by atoms with van der Waals surface area (Å²) >= 11 is 0. The molecule has 106 valence electrons. The van der Waals surface area contributed by atoms with Crippen LogP contribution in [0.1, 0.15) is 19.3 Å². The van der Waals surface area contributed by atoms with Crippen LogP contribution < -0.4 is 16.3 Å². The third kappa shape index (κ3) is 2.02. The van der Waals surface area contributed by atoms with Crippen LogP contribution in [0.15, 0.2) is 23.0 Å². The van der Waals surface area contributed by atoms with E-state index >= 15 is 0 Å². The molecule has 1 saturated carbocycles. The molecule has 4 rings (SSSR count). The molecule has 1 aliphatic heterocycles. The van der Waals surface area contributed by atoms with E-state index in [1.165, 1.54) is 32.4 Å². The minimum absolute atomic E-state index is 0.146. The summed E-state index contributed by atoms with van der Waals surface area (Å²) in [5.74, 6) is 0.788. The Labute approximate surface area is 117 Å². The fourth-order valence-corrected chi connectivity index (χ4v) is 3.86. The molecule has 2 aliphatic rings. The van der Waals surface area contributed by atoms with Crippen molar-refractivity contribution < 1.29 is 0 Å². The zero-order valence-electron chi connectivity index (χ0n) is 11.5. The Kier molecular flexibility index (Phi) is 2.63. The molecule has 1 aliphatic carbocycles. The normalized spacial score (nSPS) is 28.9.